The summed E-state index contributed by atoms with van der Waals surface area (Å²) in [5.41, 5.74) is 1.70. The zero-order valence-electron chi connectivity index (χ0n) is 9.09. The lowest BCUT2D eigenvalue weighted by Gasteiger charge is -2.33. The quantitative estimate of drug-likeness (QED) is 0.559. The van der Waals surface area contributed by atoms with Crippen LogP contribution in [0.5, 0.6) is 0 Å². The lowest BCUT2D eigenvalue weighted by atomic mass is 9.80. The molecule has 0 saturated carbocycles. The Morgan fingerprint density at radius 1 is 1.38 bits per heavy atom. The third kappa shape index (κ3) is 1.54. The molecule has 0 aromatic rings. The molecule has 1 aliphatic carbocycles. The predicted molar refractivity (Wildman–Crippen MR) is 56.7 cm³/mol. The number of fused-ring (bicyclic) bond motifs is 1. The SMILES string of the molecule is CC(C)C1=CCCC2CCN(C)C12. The molecule has 0 amide bonds. The Hall–Kier alpha value is -0.300. The Labute approximate surface area is 81.8 Å². The standard InChI is InChI=1S/C12H21N/c1-9(2)11-6-4-5-10-7-8-13(3)12(10)11/h6,9-10,12H,4-5,7-8H2,1-3H3. The van der Waals surface area contributed by atoms with Crippen LogP contribution in [0.4, 0.5) is 0 Å². The van der Waals surface area contributed by atoms with Crippen molar-refractivity contribution in [2.75, 3.05) is 13.6 Å². The van der Waals surface area contributed by atoms with E-state index >= 15 is 0 Å². The largest absolute Gasteiger partial charge is 0.299 e. The molecule has 0 aromatic carbocycles. The van der Waals surface area contributed by atoms with Gasteiger partial charge in [-0.3, -0.25) is 4.90 Å². The van der Waals surface area contributed by atoms with Gasteiger partial charge in [0.2, 0.25) is 0 Å². The Balaban J connectivity index is 2.21. The molecule has 13 heavy (non-hydrogen) atoms. The molecule has 74 valence electrons. The lowest BCUT2D eigenvalue weighted by molar-refractivity contribution is 0.276. The maximum atomic E-state index is 2.55. The van der Waals surface area contributed by atoms with Gasteiger partial charge in [-0.1, -0.05) is 25.5 Å². The first-order chi connectivity index (χ1) is 6.20. The molecule has 0 N–H and O–H groups in total. The van der Waals surface area contributed by atoms with E-state index in [1.807, 2.05) is 0 Å². The number of rotatable bonds is 1. The van der Waals surface area contributed by atoms with Crippen molar-refractivity contribution in [2.45, 2.75) is 39.2 Å². The van der Waals surface area contributed by atoms with Crippen LogP contribution in [0.1, 0.15) is 33.1 Å². The Kier molecular flexibility index (Phi) is 2.46. The summed E-state index contributed by atoms with van der Waals surface area (Å²) < 4.78 is 0. The fraction of sp³-hybridized carbons (Fsp3) is 0.833. The van der Waals surface area contributed by atoms with E-state index in [0.29, 0.717) is 0 Å². The van der Waals surface area contributed by atoms with E-state index in [-0.39, 0.29) is 0 Å². The van der Waals surface area contributed by atoms with Crippen molar-refractivity contribution in [1.29, 1.82) is 0 Å². The van der Waals surface area contributed by atoms with E-state index in [9.17, 15) is 0 Å². The van der Waals surface area contributed by atoms with Crippen LogP contribution in [0, 0.1) is 11.8 Å². The van der Waals surface area contributed by atoms with Crippen LogP contribution in [0.3, 0.4) is 0 Å². The van der Waals surface area contributed by atoms with Gasteiger partial charge in [0.05, 0.1) is 0 Å². The summed E-state index contributed by atoms with van der Waals surface area (Å²) in [6, 6.07) is 0.786. The second-order valence-electron chi connectivity index (χ2n) is 4.91. The molecule has 1 fully saturated rings. The minimum Gasteiger partial charge on any atom is -0.299 e. The van der Waals surface area contributed by atoms with Gasteiger partial charge in [0.25, 0.3) is 0 Å². The average Bonchev–Trinajstić information content (AvgIpc) is 2.48. The Morgan fingerprint density at radius 2 is 2.15 bits per heavy atom. The smallest absolute Gasteiger partial charge is 0.0335 e. The van der Waals surface area contributed by atoms with Crippen molar-refractivity contribution >= 4 is 0 Å². The van der Waals surface area contributed by atoms with Crippen molar-refractivity contribution in [1.82, 2.24) is 4.90 Å². The third-order valence-corrected chi connectivity index (χ3v) is 3.70. The molecular formula is C12H21N. The number of likely N-dealkylation sites (tertiary alicyclic amines) is 1. The third-order valence-electron chi connectivity index (χ3n) is 3.70. The first-order valence-electron chi connectivity index (χ1n) is 5.60. The first kappa shape index (κ1) is 9.26. The van der Waals surface area contributed by atoms with Crippen molar-refractivity contribution in [3.05, 3.63) is 11.6 Å². The highest BCUT2D eigenvalue weighted by Crippen LogP contribution is 2.38. The van der Waals surface area contributed by atoms with E-state index in [0.717, 1.165) is 17.9 Å². The molecule has 2 rings (SSSR count). The topological polar surface area (TPSA) is 3.24 Å². The second-order valence-corrected chi connectivity index (χ2v) is 4.91. The Bertz CT molecular complexity index is 217. The van der Waals surface area contributed by atoms with Crippen molar-refractivity contribution < 1.29 is 0 Å². The zero-order chi connectivity index (χ0) is 9.42. The van der Waals surface area contributed by atoms with Crippen LogP contribution >= 0.6 is 0 Å². The minimum absolute atomic E-state index is 0.744. The van der Waals surface area contributed by atoms with Crippen LogP contribution in [0.15, 0.2) is 11.6 Å². The molecular weight excluding hydrogens is 158 g/mol. The van der Waals surface area contributed by atoms with Gasteiger partial charge in [0.1, 0.15) is 0 Å². The number of hydrogen-bond acceptors (Lipinski definition) is 1. The van der Waals surface area contributed by atoms with Gasteiger partial charge in [-0.15, -0.1) is 0 Å². The predicted octanol–water partition coefficient (Wildman–Crippen LogP) is 2.68. The van der Waals surface area contributed by atoms with Crippen LogP contribution in [0.2, 0.25) is 0 Å². The molecule has 0 bridgehead atoms. The maximum absolute atomic E-state index is 2.55. The molecule has 1 nitrogen and oxygen atoms in total. The molecule has 1 heteroatoms. The molecule has 0 spiro atoms. The van der Waals surface area contributed by atoms with Gasteiger partial charge in [-0.25, -0.2) is 0 Å². The number of hydrogen-bond donors (Lipinski definition) is 0. The summed E-state index contributed by atoms with van der Waals surface area (Å²) in [5.74, 6) is 1.71. The summed E-state index contributed by atoms with van der Waals surface area (Å²) in [6.45, 7) is 5.97. The molecule has 0 radical (unpaired) electrons. The van der Waals surface area contributed by atoms with Gasteiger partial charge in [-0.05, 0) is 44.7 Å². The van der Waals surface area contributed by atoms with Gasteiger partial charge in [0.15, 0.2) is 0 Å². The number of allylic oxidation sites excluding steroid dienone is 1. The van der Waals surface area contributed by atoms with E-state index in [4.69, 9.17) is 0 Å². The van der Waals surface area contributed by atoms with Crippen molar-refractivity contribution in [3.63, 3.8) is 0 Å². The van der Waals surface area contributed by atoms with Crippen molar-refractivity contribution in [2.24, 2.45) is 11.8 Å². The van der Waals surface area contributed by atoms with E-state index in [1.165, 1.54) is 25.8 Å². The fourth-order valence-electron chi connectivity index (χ4n) is 3.02. The normalized spacial score (nSPS) is 34.9. The van der Waals surface area contributed by atoms with Crippen LogP contribution in [0.25, 0.3) is 0 Å². The van der Waals surface area contributed by atoms with Crippen LogP contribution in [-0.2, 0) is 0 Å². The van der Waals surface area contributed by atoms with Gasteiger partial charge in [0, 0.05) is 6.04 Å². The Morgan fingerprint density at radius 3 is 2.85 bits per heavy atom. The molecule has 2 atom stereocenters. The van der Waals surface area contributed by atoms with E-state index in [1.54, 1.807) is 5.57 Å². The van der Waals surface area contributed by atoms with E-state index in [2.05, 4.69) is 31.9 Å². The number of nitrogens with zero attached hydrogens (tertiary/aromatic N) is 1. The lowest BCUT2D eigenvalue weighted by Crippen LogP contribution is -2.34. The molecule has 1 saturated heterocycles. The highest BCUT2D eigenvalue weighted by atomic mass is 15.2. The summed E-state index contributed by atoms with van der Waals surface area (Å²) in [6.07, 6.45) is 6.66. The molecule has 2 unspecified atom stereocenters. The highest BCUT2D eigenvalue weighted by Gasteiger charge is 2.36. The van der Waals surface area contributed by atoms with Crippen molar-refractivity contribution in [3.8, 4) is 0 Å². The number of likely N-dealkylation sites (N-methyl/N-ethyl adjacent to an activating group) is 1. The first-order valence-corrected chi connectivity index (χ1v) is 5.60. The highest BCUT2D eigenvalue weighted by molar-refractivity contribution is 5.20. The molecule has 0 aromatic heterocycles. The molecule has 1 aliphatic heterocycles. The average molecular weight is 179 g/mol. The van der Waals surface area contributed by atoms with Crippen LogP contribution < -0.4 is 0 Å². The fourth-order valence-corrected chi connectivity index (χ4v) is 3.02. The summed E-state index contributed by atoms with van der Waals surface area (Å²) in [5, 5.41) is 0. The summed E-state index contributed by atoms with van der Waals surface area (Å²) >= 11 is 0. The molecule has 1 heterocycles. The molecule has 2 aliphatic rings. The van der Waals surface area contributed by atoms with Gasteiger partial charge >= 0.3 is 0 Å². The maximum Gasteiger partial charge on any atom is 0.0335 e. The van der Waals surface area contributed by atoms with Gasteiger partial charge < -0.3 is 0 Å². The summed E-state index contributed by atoms with van der Waals surface area (Å²) in [4.78, 5) is 2.55. The minimum atomic E-state index is 0.744. The second kappa shape index (κ2) is 3.45. The van der Waals surface area contributed by atoms with Gasteiger partial charge in [-0.2, -0.15) is 0 Å². The monoisotopic (exact) mass is 179 g/mol. The van der Waals surface area contributed by atoms with Crippen LogP contribution in [-0.4, -0.2) is 24.5 Å². The summed E-state index contributed by atoms with van der Waals surface area (Å²) in [7, 11) is 2.28. The van der Waals surface area contributed by atoms with E-state index < -0.39 is 0 Å². The zero-order valence-corrected chi connectivity index (χ0v) is 9.09.